The van der Waals surface area contributed by atoms with Gasteiger partial charge in [-0.3, -0.25) is 4.79 Å². The maximum Gasteiger partial charge on any atom is 0.232 e. The second-order valence-electron chi connectivity index (χ2n) is 2.94. The fraction of sp³-hybridized carbons (Fsp3) is 0.111. The van der Waals surface area contributed by atoms with Crippen molar-refractivity contribution < 1.29 is 10.0 Å². The van der Waals surface area contributed by atoms with Crippen LogP contribution in [-0.4, -0.2) is 17.0 Å². The molecule has 1 rings (SSSR count). The third-order valence-corrected chi connectivity index (χ3v) is 2.50. The first kappa shape index (κ1) is 12.8. The minimum atomic E-state index is -0.407. The maximum atomic E-state index is 11.4. The zero-order valence-corrected chi connectivity index (χ0v) is 10.4. The summed E-state index contributed by atoms with van der Waals surface area (Å²) in [5.74, 6) is -0.570. The van der Waals surface area contributed by atoms with E-state index in [0.717, 1.165) is 4.47 Å². The Hall–Kier alpha value is -1.27. The quantitative estimate of drug-likeness (QED) is 0.346. The van der Waals surface area contributed by atoms with Crippen molar-refractivity contribution >= 4 is 45.0 Å². The highest BCUT2D eigenvalue weighted by Gasteiger charge is 2.08. The second kappa shape index (κ2) is 5.72. The average molecular weight is 307 g/mol. The molecule has 0 bridgehead atoms. The molecule has 0 atom stereocenters. The topological polar surface area (TPSA) is 87.7 Å². The van der Waals surface area contributed by atoms with Gasteiger partial charge in [-0.15, -0.1) is 0 Å². The number of amides is 1. The summed E-state index contributed by atoms with van der Waals surface area (Å²) in [6, 6.07) is 5.05. The van der Waals surface area contributed by atoms with Crippen LogP contribution < -0.4 is 11.1 Å². The summed E-state index contributed by atoms with van der Waals surface area (Å²) in [6.45, 7) is 0. The standard InChI is InChI=1S/C9H9BrClN3O2/c10-5-1-2-6(11)7(3-5)13-9(15)4-8(12)14-16/h1-3,16H,4H2,(H2,12,14)(H,13,15). The second-order valence-corrected chi connectivity index (χ2v) is 4.26. The third kappa shape index (κ3) is 3.71. The van der Waals surface area contributed by atoms with Crippen LogP contribution in [0.3, 0.4) is 0 Å². The summed E-state index contributed by atoms with van der Waals surface area (Å²) >= 11 is 9.12. The SMILES string of the molecule is NC(CC(=O)Nc1cc(Br)ccc1Cl)=NO. The lowest BCUT2D eigenvalue weighted by Gasteiger charge is -2.06. The van der Waals surface area contributed by atoms with E-state index in [1.807, 2.05) is 0 Å². The molecule has 0 saturated carbocycles. The molecule has 0 saturated heterocycles. The lowest BCUT2D eigenvalue weighted by molar-refractivity contribution is -0.115. The first-order valence-electron chi connectivity index (χ1n) is 4.24. The van der Waals surface area contributed by atoms with Crippen LogP contribution in [0.15, 0.2) is 27.8 Å². The lowest BCUT2D eigenvalue weighted by atomic mass is 10.3. The number of hydrogen-bond donors (Lipinski definition) is 3. The van der Waals surface area contributed by atoms with Crippen LogP contribution in [0.5, 0.6) is 0 Å². The number of rotatable bonds is 3. The van der Waals surface area contributed by atoms with Crippen LogP contribution in [0.25, 0.3) is 0 Å². The van der Waals surface area contributed by atoms with Crippen molar-refractivity contribution in [3.05, 3.63) is 27.7 Å². The van der Waals surface area contributed by atoms with Crippen molar-refractivity contribution in [3.63, 3.8) is 0 Å². The first-order chi connectivity index (χ1) is 7.52. The maximum absolute atomic E-state index is 11.4. The van der Waals surface area contributed by atoms with Gasteiger partial charge in [-0.2, -0.15) is 0 Å². The molecule has 0 fully saturated rings. The largest absolute Gasteiger partial charge is 0.409 e. The number of nitrogens with one attached hydrogen (secondary N) is 1. The van der Waals surface area contributed by atoms with E-state index in [4.69, 9.17) is 22.5 Å². The Kier molecular flexibility index (Phi) is 4.57. The number of hydrogen-bond acceptors (Lipinski definition) is 3. The molecular formula is C9H9BrClN3O2. The predicted molar refractivity (Wildman–Crippen MR) is 65.8 cm³/mol. The Morgan fingerprint density at radius 1 is 1.62 bits per heavy atom. The molecule has 86 valence electrons. The van der Waals surface area contributed by atoms with Gasteiger partial charge in [0.05, 0.1) is 17.1 Å². The number of amidine groups is 1. The molecule has 1 aromatic carbocycles. The monoisotopic (exact) mass is 305 g/mol. The van der Waals surface area contributed by atoms with E-state index >= 15 is 0 Å². The average Bonchev–Trinajstić information content (AvgIpc) is 2.23. The zero-order valence-electron chi connectivity index (χ0n) is 8.08. The van der Waals surface area contributed by atoms with Gasteiger partial charge in [-0.1, -0.05) is 32.7 Å². The summed E-state index contributed by atoms with van der Waals surface area (Å²) in [4.78, 5) is 11.4. The molecular weight excluding hydrogens is 297 g/mol. The normalized spacial score (nSPS) is 11.2. The Labute approximate surface area is 105 Å². The number of nitrogens with zero attached hydrogens (tertiary/aromatic N) is 1. The molecule has 0 aliphatic heterocycles. The highest BCUT2D eigenvalue weighted by molar-refractivity contribution is 9.10. The van der Waals surface area contributed by atoms with E-state index in [1.165, 1.54) is 0 Å². The Balaban J connectivity index is 2.73. The molecule has 7 heteroatoms. The highest BCUT2D eigenvalue weighted by Crippen LogP contribution is 2.25. The van der Waals surface area contributed by atoms with Gasteiger partial charge in [0.25, 0.3) is 0 Å². The fourth-order valence-corrected chi connectivity index (χ4v) is 1.51. The summed E-state index contributed by atoms with van der Waals surface area (Å²) < 4.78 is 0.788. The first-order valence-corrected chi connectivity index (χ1v) is 5.41. The van der Waals surface area contributed by atoms with Crippen LogP contribution in [0.4, 0.5) is 5.69 Å². The zero-order chi connectivity index (χ0) is 12.1. The minimum Gasteiger partial charge on any atom is -0.409 e. The fourth-order valence-electron chi connectivity index (χ4n) is 0.988. The van der Waals surface area contributed by atoms with Gasteiger partial charge in [0.2, 0.25) is 5.91 Å². The number of halogens is 2. The van der Waals surface area contributed by atoms with E-state index in [9.17, 15) is 4.79 Å². The van der Waals surface area contributed by atoms with Crippen LogP contribution in [0, 0.1) is 0 Å². The molecule has 0 heterocycles. The molecule has 1 amide bonds. The number of oxime groups is 1. The van der Waals surface area contributed by atoms with Gasteiger partial charge in [0.15, 0.2) is 0 Å². The molecule has 0 radical (unpaired) electrons. The molecule has 0 aromatic heterocycles. The minimum absolute atomic E-state index is 0.163. The summed E-state index contributed by atoms with van der Waals surface area (Å²) in [5.41, 5.74) is 5.66. The van der Waals surface area contributed by atoms with E-state index in [0.29, 0.717) is 10.7 Å². The van der Waals surface area contributed by atoms with Gasteiger partial charge in [0.1, 0.15) is 5.84 Å². The predicted octanol–water partition coefficient (Wildman–Crippen LogP) is 2.18. The molecule has 4 N–H and O–H groups in total. The van der Waals surface area contributed by atoms with Crippen molar-refractivity contribution in [2.75, 3.05) is 5.32 Å². The summed E-state index contributed by atoms with van der Waals surface area (Å²) in [6.07, 6.45) is -0.195. The van der Waals surface area contributed by atoms with Crippen molar-refractivity contribution in [2.45, 2.75) is 6.42 Å². The van der Waals surface area contributed by atoms with E-state index < -0.39 is 5.91 Å². The van der Waals surface area contributed by atoms with Gasteiger partial charge in [-0.25, -0.2) is 0 Å². The smallest absolute Gasteiger partial charge is 0.232 e. The molecule has 1 aromatic rings. The van der Waals surface area contributed by atoms with E-state index in [1.54, 1.807) is 18.2 Å². The summed E-state index contributed by atoms with van der Waals surface area (Å²) in [5, 5.41) is 14.0. The van der Waals surface area contributed by atoms with E-state index in [2.05, 4.69) is 26.4 Å². The van der Waals surface area contributed by atoms with Crippen LogP contribution in [-0.2, 0) is 4.79 Å². The molecule has 0 unspecified atom stereocenters. The van der Waals surface area contributed by atoms with Crippen molar-refractivity contribution in [1.29, 1.82) is 0 Å². The molecule has 0 aliphatic rings. The molecule has 16 heavy (non-hydrogen) atoms. The van der Waals surface area contributed by atoms with Gasteiger partial charge < -0.3 is 16.3 Å². The van der Waals surface area contributed by atoms with Gasteiger partial charge in [0, 0.05) is 4.47 Å². The number of carbonyl (C=O) groups is 1. The Morgan fingerprint density at radius 3 is 2.94 bits per heavy atom. The third-order valence-electron chi connectivity index (χ3n) is 1.67. The van der Waals surface area contributed by atoms with Crippen molar-refractivity contribution in [1.82, 2.24) is 0 Å². The van der Waals surface area contributed by atoms with Gasteiger partial charge >= 0.3 is 0 Å². The summed E-state index contributed by atoms with van der Waals surface area (Å²) in [7, 11) is 0. The van der Waals surface area contributed by atoms with Crippen LogP contribution >= 0.6 is 27.5 Å². The number of anilines is 1. The Morgan fingerprint density at radius 2 is 2.31 bits per heavy atom. The van der Waals surface area contributed by atoms with Crippen LogP contribution in [0.2, 0.25) is 5.02 Å². The van der Waals surface area contributed by atoms with Gasteiger partial charge in [-0.05, 0) is 18.2 Å². The van der Waals surface area contributed by atoms with Crippen molar-refractivity contribution in [2.24, 2.45) is 10.9 Å². The van der Waals surface area contributed by atoms with Crippen LogP contribution in [0.1, 0.15) is 6.42 Å². The number of carbonyl (C=O) groups excluding carboxylic acids is 1. The number of nitrogens with two attached hydrogens (primary N) is 1. The lowest BCUT2D eigenvalue weighted by Crippen LogP contribution is -2.22. The van der Waals surface area contributed by atoms with E-state index in [-0.39, 0.29) is 12.3 Å². The molecule has 0 spiro atoms. The molecule has 0 aliphatic carbocycles. The highest BCUT2D eigenvalue weighted by atomic mass is 79.9. The van der Waals surface area contributed by atoms with Crippen molar-refractivity contribution in [3.8, 4) is 0 Å². The Bertz CT molecular complexity index is 437. The molecule has 5 nitrogen and oxygen atoms in total. The number of benzene rings is 1.